The SMILES string of the molecule is Cc1ccc(S(=O)(=O)N[C@@H]2C[C@@H]3C[C@H]2N(C(=O)O)[C@H]3C(=O)N2CCC[C@H]2C#N)cc1. The van der Waals surface area contributed by atoms with Gasteiger partial charge in [0.15, 0.2) is 0 Å². The Morgan fingerprint density at radius 1 is 1.23 bits per heavy atom. The molecule has 1 aromatic rings. The molecule has 0 radical (unpaired) electrons. The van der Waals surface area contributed by atoms with Crippen molar-refractivity contribution in [3.8, 4) is 6.07 Å². The molecular formula is C20H24N4O5S. The second-order valence-electron chi connectivity index (χ2n) is 8.29. The number of nitrogens with zero attached hydrogens (tertiary/aromatic N) is 3. The molecule has 1 aromatic carbocycles. The van der Waals surface area contributed by atoms with E-state index in [1.54, 1.807) is 12.1 Å². The Morgan fingerprint density at radius 3 is 2.57 bits per heavy atom. The Labute approximate surface area is 175 Å². The van der Waals surface area contributed by atoms with Crippen LogP contribution >= 0.6 is 0 Å². The number of hydrogen-bond donors (Lipinski definition) is 2. The van der Waals surface area contributed by atoms with Gasteiger partial charge in [0.05, 0.1) is 17.0 Å². The topological polar surface area (TPSA) is 131 Å². The highest BCUT2D eigenvalue weighted by molar-refractivity contribution is 7.89. The number of sulfonamides is 1. The summed E-state index contributed by atoms with van der Waals surface area (Å²) in [6.07, 6.45) is 0.884. The molecule has 1 aliphatic carbocycles. The van der Waals surface area contributed by atoms with Crippen LogP contribution in [0.5, 0.6) is 0 Å². The van der Waals surface area contributed by atoms with Crippen molar-refractivity contribution in [1.29, 1.82) is 5.26 Å². The Kier molecular flexibility index (Phi) is 5.20. The van der Waals surface area contributed by atoms with Crippen molar-refractivity contribution in [3.63, 3.8) is 0 Å². The number of piperidine rings is 1. The molecule has 2 amide bonds. The van der Waals surface area contributed by atoms with E-state index < -0.39 is 40.3 Å². The van der Waals surface area contributed by atoms with Crippen LogP contribution in [-0.2, 0) is 14.8 Å². The van der Waals surface area contributed by atoms with Crippen LogP contribution in [0.4, 0.5) is 4.79 Å². The Morgan fingerprint density at radius 2 is 1.93 bits per heavy atom. The first-order valence-electron chi connectivity index (χ1n) is 10.0. The largest absolute Gasteiger partial charge is 0.465 e. The minimum Gasteiger partial charge on any atom is -0.465 e. The average Bonchev–Trinajstić information content (AvgIpc) is 3.41. The number of benzene rings is 1. The maximum Gasteiger partial charge on any atom is 0.408 e. The summed E-state index contributed by atoms with van der Waals surface area (Å²) in [5.41, 5.74) is 0.935. The molecule has 30 heavy (non-hydrogen) atoms. The lowest BCUT2D eigenvalue weighted by molar-refractivity contribution is -0.138. The molecule has 3 fully saturated rings. The third kappa shape index (κ3) is 3.42. The van der Waals surface area contributed by atoms with Gasteiger partial charge in [-0.1, -0.05) is 17.7 Å². The fraction of sp³-hybridized carbons (Fsp3) is 0.550. The van der Waals surface area contributed by atoms with Crippen molar-refractivity contribution in [2.75, 3.05) is 6.54 Å². The van der Waals surface area contributed by atoms with Gasteiger partial charge in [-0.25, -0.2) is 17.9 Å². The van der Waals surface area contributed by atoms with Crippen LogP contribution in [-0.4, -0.2) is 66.0 Å². The maximum absolute atomic E-state index is 13.1. The second kappa shape index (κ2) is 7.56. The molecule has 5 atom stereocenters. The van der Waals surface area contributed by atoms with Gasteiger partial charge in [-0.05, 0) is 50.7 Å². The first kappa shape index (κ1) is 20.6. The summed E-state index contributed by atoms with van der Waals surface area (Å²) >= 11 is 0. The van der Waals surface area contributed by atoms with Crippen LogP contribution in [0.15, 0.2) is 29.2 Å². The summed E-state index contributed by atoms with van der Waals surface area (Å²) in [5.74, 6) is -0.613. The van der Waals surface area contributed by atoms with E-state index in [-0.39, 0.29) is 16.7 Å². The second-order valence-corrected chi connectivity index (χ2v) is 10.0. The molecule has 9 nitrogen and oxygen atoms in total. The van der Waals surface area contributed by atoms with Crippen molar-refractivity contribution in [1.82, 2.24) is 14.5 Å². The van der Waals surface area contributed by atoms with Gasteiger partial charge in [0.25, 0.3) is 0 Å². The first-order chi connectivity index (χ1) is 14.2. The summed E-state index contributed by atoms with van der Waals surface area (Å²) in [5, 5.41) is 19.1. The Bertz CT molecular complexity index is 1000. The molecule has 2 aliphatic heterocycles. The molecule has 2 saturated heterocycles. The highest BCUT2D eigenvalue weighted by Crippen LogP contribution is 2.44. The predicted molar refractivity (Wildman–Crippen MR) is 106 cm³/mol. The number of likely N-dealkylation sites (tertiary alicyclic amines) is 2. The molecular weight excluding hydrogens is 408 g/mol. The van der Waals surface area contributed by atoms with E-state index in [0.717, 1.165) is 16.9 Å². The number of rotatable bonds is 4. The number of amides is 2. The number of hydrogen-bond acceptors (Lipinski definition) is 5. The van der Waals surface area contributed by atoms with Crippen LogP contribution in [0.1, 0.15) is 31.2 Å². The highest BCUT2D eigenvalue weighted by Gasteiger charge is 2.58. The molecule has 10 heteroatoms. The van der Waals surface area contributed by atoms with Gasteiger partial charge in [0.2, 0.25) is 15.9 Å². The minimum absolute atomic E-state index is 0.124. The number of carbonyl (C=O) groups excluding carboxylic acids is 1. The smallest absolute Gasteiger partial charge is 0.408 e. The fourth-order valence-electron chi connectivity index (χ4n) is 5.08. The lowest BCUT2D eigenvalue weighted by Gasteiger charge is -2.38. The van der Waals surface area contributed by atoms with Gasteiger partial charge < -0.3 is 10.0 Å². The van der Waals surface area contributed by atoms with E-state index in [4.69, 9.17) is 0 Å². The van der Waals surface area contributed by atoms with Crippen LogP contribution < -0.4 is 4.72 Å². The molecule has 0 spiro atoms. The summed E-state index contributed by atoms with van der Waals surface area (Å²) in [7, 11) is -3.81. The highest BCUT2D eigenvalue weighted by atomic mass is 32.2. The van der Waals surface area contributed by atoms with Crippen molar-refractivity contribution in [3.05, 3.63) is 29.8 Å². The van der Waals surface area contributed by atoms with Gasteiger partial charge in [0, 0.05) is 12.6 Å². The summed E-state index contributed by atoms with van der Waals surface area (Å²) in [6.45, 7) is 2.31. The molecule has 4 rings (SSSR count). The van der Waals surface area contributed by atoms with Crippen molar-refractivity contribution in [2.24, 2.45) is 5.92 Å². The first-order valence-corrected chi connectivity index (χ1v) is 11.5. The third-order valence-corrected chi connectivity index (χ3v) is 7.97. The van der Waals surface area contributed by atoms with E-state index in [1.807, 2.05) is 6.92 Å². The lowest BCUT2D eigenvalue weighted by atomic mass is 9.95. The van der Waals surface area contributed by atoms with Gasteiger partial charge in [0.1, 0.15) is 12.1 Å². The normalized spacial score (nSPS) is 30.5. The quantitative estimate of drug-likeness (QED) is 0.737. The van der Waals surface area contributed by atoms with Gasteiger partial charge in [-0.3, -0.25) is 9.69 Å². The minimum atomic E-state index is -3.81. The number of nitrogens with one attached hydrogen (secondary N) is 1. The van der Waals surface area contributed by atoms with Crippen molar-refractivity contribution < 1.29 is 23.1 Å². The molecule has 2 bridgehead atoms. The summed E-state index contributed by atoms with van der Waals surface area (Å²) < 4.78 is 28.2. The van der Waals surface area contributed by atoms with E-state index in [2.05, 4.69) is 10.8 Å². The number of aryl methyl sites for hydroxylation is 1. The molecule has 2 N–H and O–H groups in total. The van der Waals surface area contributed by atoms with Gasteiger partial charge in [-0.2, -0.15) is 5.26 Å². The third-order valence-electron chi connectivity index (χ3n) is 6.47. The lowest BCUT2D eigenvalue weighted by Crippen LogP contribution is -2.60. The number of carbonyl (C=O) groups is 2. The van der Waals surface area contributed by atoms with E-state index in [9.17, 15) is 28.4 Å². The predicted octanol–water partition coefficient (Wildman–Crippen LogP) is 1.30. The molecule has 0 aromatic heterocycles. The van der Waals surface area contributed by atoms with E-state index >= 15 is 0 Å². The van der Waals surface area contributed by atoms with Crippen LogP contribution in [0.2, 0.25) is 0 Å². The van der Waals surface area contributed by atoms with Crippen LogP contribution in [0, 0.1) is 24.2 Å². The fourth-order valence-corrected chi connectivity index (χ4v) is 6.36. The standard InChI is InChI=1S/C20H24N4O5S/c1-12-4-6-15(7-5-12)30(28,29)22-16-9-13-10-17(16)24(20(26)27)18(13)19(25)23-8-2-3-14(23)11-21/h4-7,13-14,16-18,22H,2-3,8-10H2,1H3,(H,26,27)/t13-,14+,16-,17-,18-/m1/s1. The zero-order chi connectivity index (χ0) is 21.6. The van der Waals surface area contributed by atoms with E-state index in [0.29, 0.717) is 25.8 Å². The molecule has 0 unspecified atom stereocenters. The molecule has 3 aliphatic rings. The summed E-state index contributed by atoms with van der Waals surface area (Å²) in [4.78, 5) is 27.8. The Balaban J connectivity index is 1.54. The maximum atomic E-state index is 13.1. The molecule has 2 heterocycles. The number of nitriles is 1. The monoisotopic (exact) mass is 432 g/mol. The Hall–Kier alpha value is -2.64. The zero-order valence-electron chi connectivity index (χ0n) is 16.6. The van der Waals surface area contributed by atoms with E-state index in [1.165, 1.54) is 17.0 Å². The molecule has 1 saturated carbocycles. The number of carboxylic acid groups (broad SMARTS) is 1. The van der Waals surface area contributed by atoms with Gasteiger partial charge >= 0.3 is 6.09 Å². The van der Waals surface area contributed by atoms with Crippen LogP contribution in [0.3, 0.4) is 0 Å². The molecule has 160 valence electrons. The number of fused-ring (bicyclic) bond motifs is 2. The average molecular weight is 433 g/mol. The van der Waals surface area contributed by atoms with Crippen LogP contribution in [0.25, 0.3) is 0 Å². The van der Waals surface area contributed by atoms with Gasteiger partial charge in [-0.15, -0.1) is 0 Å². The van der Waals surface area contributed by atoms with Crippen molar-refractivity contribution >= 4 is 22.0 Å². The zero-order valence-corrected chi connectivity index (χ0v) is 17.4. The van der Waals surface area contributed by atoms with Crippen molar-refractivity contribution in [2.45, 2.75) is 61.7 Å². The summed E-state index contributed by atoms with van der Waals surface area (Å²) in [6, 6.07) is 5.97.